The Bertz CT molecular complexity index is 605. The van der Waals surface area contributed by atoms with E-state index in [-0.39, 0.29) is 18.1 Å². The molecular weight excluding hydrogens is 318 g/mol. The highest BCUT2D eigenvalue weighted by atomic mass is 16.5. The monoisotopic (exact) mass is 347 g/mol. The fraction of sp³-hybridized carbons (Fsp3) is 0.632. The number of morpholine rings is 1. The Morgan fingerprint density at radius 3 is 2.72 bits per heavy atom. The minimum atomic E-state index is -0.147. The van der Waals surface area contributed by atoms with Gasteiger partial charge in [-0.2, -0.15) is 0 Å². The Morgan fingerprint density at radius 1 is 1.32 bits per heavy atom. The Hall–Kier alpha value is -1.79. The number of ether oxygens (including phenoxy) is 1. The summed E-state index contributed by atoms with van der Waals surface area (Å²) in [7, 11) is 0. The van der Waals surface area contributed by atoms with Crippen molar-refractivity contribution in [2.24, 2.45) is 0 Å². The summed E-state index contributed by atoms with van der Waals surface area (Å²) >= 11 is 0. The van der Waals surface area contributed by atoms with Crippen LogP contribution in [0.1, 0.15) is 37.3 Å². The standard InChI is InChI=1S/C19H29N3O3/c1-14(2)12-21-8-6-16(7-9-21)20-19(23)22-10-11-24-13-17(22)18-5-4-15(3)25-18/h4-5,16-17H,1,6-13H2,2-3H3,(H,20,23)/t17-/m0/s1. The van der Waals surface area contributed by atoms with Crippen LogP contribution in [0.15, 0.2) is 28.7 Å². The van der Waals surface area contributed by atoms with Gasteiger partial charge in [-0.1, -0.05) is 12.2 Å². The lowest BCUT2D eigenvalue weighted by molar-refractivity contribution is 0.00302. The normalized spacial score (nSPS) is 22.8. The Labute approximate surface area is 149 Å². The van der Waals surface area contributed by atoms with Crippen molar-refractivity contribution in [3.05, 3.63) is 35.8 Å². The molecule has 2 saturated heterocycles. The molecule has 2 amide bonds. The molecule has 0 aromatic carbocycles. The van der Waals surface area contributed by atoms with E-state index in [4.69, 9.17) is 9.15 Å². The van der Waals surface area contributed by atoms with Crippen LogP contribution in [0.5, 0.6) is 0 Å². The highest BCUT2D eigenvalue weighted by Crippen LogP contribution is 2.26. The van der Waals surface area contributed by atoms with Gasteiger partial charge in [0.15, 0.2) is 0 Å². The SMILES string of the molecule is C=C(C)CN1CCC(NC(=O)N2CCOC[C@H]2c2ccc(C)o2)CC1. The summed E-state index contributed by atoms with van der Waals surface area (Å²) in [5, 5.41) is 3.21. The molecule has 3 heterocycles. The third-order valence-corrected chi connectivity index (χ3v) is 4.89. The van der Waals surface area contributed by atoms with Crippen LogP contribution in [0.2, 0.25) is 0 Å². The zero-order valence-electron chi connectivity index (χ0n) is 15.3. The molecule has 0 aliphatic carbocycles. The molecule has 2 aliphatic rings. The molecule has 3 rings (SSSR count). The Balaban J connectivity index is 1.55. The third kappa shape index (κ3) is 4.64. The Morgan fingerprint density at radius 2 is 2.08 bits per heavy atom. The topological polar surface area (TPSA) is 58.0 Å². The van der Waals surface area contributed by atoms with Crippen LogP contribution >= 0.6 is 0 Å². The molecule has 1 N–H and O–H groups in total. The maximum absolute atomic E-state index is 12.8. The van der Waals surface area contributed by atoms with Crippen molar-refractivity contribution < 1.29 is 13.9 Å². The number of nitrogens with zero attached hydrogens (tertiary/aromatic N) is 2. The quantitative estimate of drug-likeness (QED) is 0.851. The van der Waals surface area contributed by atoms with Gasteiger partial charge < -0.3 is 19.4 Å². The number of amides is 2. The van der Waals surface area contributed by atoms with E-state index in [2.05, 4.69) is 23.7 Å². The van der Waals surface area contributed by atoms with E-state index in [1.165, 1.54) is 5.57 Å². The lowest BCUT2D eigenvalue weighted by atomic mass is 10.0. The van der Waals surface area contributed by atoms with Gasteiger partial charge in [0, 0.05) is 32.2 Å². The number of nitrogens with one attached hydrogen (secondary N) is 1. The van der Waals surface area contributed by atoms with Crippen LogP contribution in [-0.2, 0) is 4.74 Å². The average Bonchev–Trinajstić information content (AvgIpc) is 3.02. The zero-order valence-corrected chi connectivity index (χ0v) is 15.3. The van der Waals surface area contributed by atoms with Gasteiger partial charge in [-0.15, -0.1) is 0 Å². The summed E-state index contributed by atoms with van der Waals surface area (Å²) in [6.45, 7) is 12.5. The Kier molecular flexibility index (Phi) is 5.81. The summed E-state index contributed by atoms with van der Waals surface area (Å²) in [5.74, 6) is 1.65. The number of piperidine rings is 1. The number of aryl methyl sites for hydroxylation is 1. The smallest absolute Gasteiger partial charge is 0.318 e. The van der Waals surface area contributed by atoms with Crippen LogP contribution in [0, 0.1) is 6.92 Å². The minimum Gasteiger partial charge on any atom is -0.464 e. The molecule has 25 heavy (non-hydrogen) atoms. The first-order chi connectivity index (χ1) is 12.0. The van der Waals surface area contributed by atoms with E-state index in [1.807, 2.05) is 24.0 Å². The number of likely N-dealkylation sites (tertiary alicyclic amines) is 1. The molecule has 0 saturated carbocycles. The molecule has 0 spiro atoms. The highest BCUT2D eigenvalue weighted by molar-refractivity contribution is 5.75. The molecule has 6 nitrogen and oxygen atoms in total. The number of rotatable bonds is 4. The van der Waals surface area contributed by atoms with E-state index in [9.17, 15) is 4.79 Å². The predicted octanol–water partition coefficient (Wildman–Crippen LogP) is 2.71. The van der Waals surface area contributed by atoms with Crippen LogP contribution in [-0.4, -0.2) is 61.3 Å². The second kappa shape index (κ2) is 8.06. The molecule has 0 unspecified atom stereocenters. The molecule has 2 aliphatic heterocycles. The molecule has 1 aromatic rings. The van der Waals surface area contributed by atoms with Gasteiger partial charge in [0.05, 0.1) is 13.2 Å². The second-order valence-electron chi connectivity index (χ2n) is 7.19. The zero-order chi connectivity index (χ0) is 17.8. The molecule has 1 atom stereocenters. The van der Waals surface area contributed by atoms with Crippen molar-refractivity contribution in [3.63, 3.8) is 0 Å². The maximum atomic E-state index is 12.8. The second-order valence-corrected chi connectivity index (χ2v) is 7.19. The predicted molar refractivity (Wildman–Crippen MR) is 96.5 cm³/mol. The molecule has 6 heteroatoms. The van der Waals surface area contributed by atoms with Crippen LogP contribution < -0.4 is 5.32 Å². The lowest BCUT2D eigenvalue weighted by Gasteiger charge is -2.37. The fourth-order valence-corrected chi connectivity index (χ4v) is 3.59. The molecule has 0 bridgehead atoms. The van der Waals surface area contributed by atoms with E-state index in [0.717, 1.165) is 44.0 Å². The first kappa shape index (κ1) is 18.0. The number of furan rings is 1. The van der Waals surface area contributed by atoms with Crippen molar-refractivity contribution >= 4 is 6.03 Å². The molecular formula is C19H29N3O3. The summed E-state index contributed by atoms with van der Waals surface area (Å²) in [6, 6.07) is 3.94. The van der Waals surface area contributed by atoms with Crippen LogP contribution in [0.3, 0.4) is 0 Å². The number of carbonyl (C=O) groups is 1. The van der Waals surface area contributed by atoms with Gasteiger partial charge in [-0.25, -0.2) is 4.79 Å². The van der Waals surface area contributed by atoms with E-state index < -0.39 is 0 Å². The molecule has 1 aromatic heterocycles. The molecule has 0 radical (unpaired) electrons. The van der Waals surface area contributed by atoms with Gasteiger partial charge in [0.1, 0.15) is 17.6 Å². The van der Waals surface area contributed by atoms with Crippen LogP contribution in [0.25, 0.3) is 0 Å². The largest absolute Gasteiger partial charge is 0.464 e. The van der Waals surface area contributed by atoms with Crippen molar-refractivity contribution in [1.82, 2.24) is 15.1 Å². The fourth-order valence-electron chi connectivity index (χ4n) is 3.59. The third-order valence-electron chi connectivity index (χ3n) is 4.89. The van der Waals surface area contributed by atoms with Crippen molar-refractivity contribution in [2.45, 2.75) is 38.8 Å². The first-order valence-electron chi connectivity index (χ1n) is 9.11. The number of carbonyl (C=O) groups excluding carboxylic acids is 1. The number of hydrogen-bond donors (Lipinski definition) is 1. The van der Waals surface area contributed by atoms with Crippen molar-refractivity contribution in [2.75, 3.05) is 39.4 Å². The van der Waals surface area contributed by atoms with Crippen molar-refractivity contribution in [1.29, 1.82) is 0 Å². The van der Waals surface area contributed by atoms with Gasteiger partial charge in [0.25, 0.3) is 0 Å². The number of urea groups is 1. The molecule has 2 fully saturated rings. The summed E-state index contributed by atoms with van der Waals surface area (Å²) in [5.41, 5.74) is 1.19. The highest BCUT2D eigenvalue weighted by Gasteiger charge is 2.32. The van der Waals surface area contributed by atoms with Gasteiger partial charge in [0.2, 0.25) is 0 Å². The maximum Gasteiger partial charge on any atom is 0.318 e. The van der Waals surface area contributed by atoms with Gasteiger partial charge in [-0.05, 0) is 38.8 Å². The van der Waals surface area contributed by atoms with E-state index in [1.54, 1.807) is 0 Å². The summed E-state index contributed by atoms with van der Waals surface area (Å²) < 4.78 is 11.3. The minimum absolute atomic E-state index is 0.0132. The van der Waals surface area contributed by atoms with Gasteiger partial charge in [-0.3, -0.25) is 4.90 Å². The first-order valence-corrected chi connectivity index (χ1v) is 9.11. The van der Waals surface area contributed by atoms with E-state index >= 15 is 0 Å². The summed E-state index contributed by atoms with van der Waals surface area (Å²) in [6.07, 6.45) is 1.96. The van der Waals surface area contributed by atoms with Crippen LogP contribution in [0.4, 0.5) is 4.79 Å². The van der Waals surface area contributed by atoms with E-state index in [0.29, 0.717) is 19.8 Å². The average molecular weight is 347 g/mol. The molecule has 138 valence electrons. The number of hydrogen-bond acceptors (Lipinski definition) is 4. The summed E-state index contributed by atoms with van der Waals surface area (Å²) in [4.78, 5) is 17.1. The lowest BCUT2D eigenvalue weighted by Crippen LogP contribution is -2.52. The van der Waals surface area contributed by atoms with Gasteiger partial charge >= 0.3 is 6.03 Å². The van der Waals surface area contributed by atoms with Crippen molar-refractivity contribution in [3.8, 4) is 0 Å².